The Morgan fingerprint density at radius 3 is 2.63 bits per heavy atom. The van der Waals surface area contributed by atoms with Gasteiger partial charge in [0.25, 0.3) is 0 Å². The second kappa shape index (κ2) is 5.89. The number of nitrogens with one attached hydrogen (secondary N) is 1. The van der Waals surface area contributed by atoms with E-state index in [1.54, 1.807) is 7.11 Å². The van der Waals surface area contributed by atoms with Crippen LogP contribution in [0.15, 0.2) is 30.3 Å². The van der Waals surface area contributed by atoms with Crippen molar-refractivity contribution in [3.8, 4) is 5.75 Å². The number of aromatic nitrogens is 2. The normalized spacial score (nSPS) is 12.7. The minimum Gasteiger partial charge on any atom is -0.496 e. The first-order valence-electron chi connectivity index (χ1n) is 6.55. The van der Waals surface area contributed by atoms with Gasteiger partial charge in [-0.2, -0.15) is 5.10 Å². The van der Waals surface area contributed by atoms with Crippen LogP contribution in [0.1, 0.15) is 42.6 Å². The molecule has 4 nitrogen and oxygen atoms in total. The second-order valence-electron chi connectivity index (χ2n) is 4.93. The highest BCUT2D eigenvalue weighted by atomic mass is 16.5. The molecule has 1 aromatic carbocycles. The molecule has 0 aliphatic carbocycles. The van der Waals surface area contributed by atoms with Gasteiger partial charge >= 0.3 is 0 Å². The molecule has 0 radical (unpaired) electrons. The largest absolute Gasteiger partial charge is 0.496 e. The molecule has 102 valence electrons. The first-order chi connectivity index (χ1) is 9.17. The fraction of sp³-hybridized carbons (Fsp3) is 0.400. The van der Waals surface area contributed by atoms with Crippen LogP contribution in [-0.4, -0.2) is 23.9 Å². The average Bonchev–Trinajstić information content (AvgIpc) is 2.90. The molecule has 3 N–H and O–H groups in total. The summed E-state index contributed by atoms with van der Waals surface area (Å²) in [6.07, 6.45) is 0. The molecule has 0 spiro atoms. The molecule has 1 aromatic heterocycles. The minimum absolute atomic E-state index is 0.0798. The fourth-order valence-electron chi connectivity index (χ4n) is 2.20. The van der Waals surface area contributed by atoms with Crippen LogP contribution >= 0.6 is 0 Å². The average molecular weight is 259 g/mol. The van der Waals surface area contributed by atoms with Gasteiger partial charge in [0.15, 0.2) is 0 Å². The zero-order chi connectivity index (χ0) is 13.8. The number of nitrogens with two attached hydrogens (primary N) is 1. The van der Waals surface area contributed by atoms with Crippen molar-refractivity contribution in [1.82, 2.24) is 10.2 Å². The first kappa shape index (κ1) is 13.6. The summed E-state index contributed by atoms with van der Waals surface area (Å²) < 4.78 is 5.41. The monoisotopic (exact) mass is 259 g/mol. The number of para-hydroxylation sites is 1. The van der Waals surface area contributed by atoms with Crippen molar-refractivity contribution in [2.45, 2.75) is 25.7 Å². The molecule has 0 saturated heterocycles. The molecule has 2 rings (SSSR count). The third-order valence-corrected chi connectivity index (χ3v) is 3.33. The highest BCUT2D eigenvalue weighted by molar-refractivity contribution is 5.41. The maximum atomic E-state index is 5.94. The molecule has 1 atom stereocenters. The number of H-pyrrole nitrogens is 1. The Hall–Kier alpha value is -1.81. The van der Waals surface area contributed by atoms with E-state index in [1.165, 1.54) is 0 Å². The van der Waals surface area contributed by atoms with Crippen LogP contribution in [0.2, 0.25) is 0 Å². The zero-order valence-electron chi connectivity index (χ0n) is 11.7. The summed E-state index contributed by atoms with van der Waals surface area (Å²) in [5.74, 6) is 1.34. The Morgan fingerprint density at radius 1 is 1.32 bits per heavy atom. The lowest BCUT2D eigenvalue weighted by molar-refractivity contribution is 0.407. The number of rotatable bonds is 5. The van der Waals surface area contributed by atoms with Crippen molar-refractivity contribution in [2.24, 2.45) is 5.73 Å². The standard InChI is InChI=1S/C15H21N3O/c1-10(2)13-8-14(18-17-13)12(9-16)11-6-4-5-7-15(11)19-3/h4-8,10,12H,9,16H2,1-3H3,(H,17,18). The Kier molecular flexibility index (Phi) is 4.22. The highest BCUT2D eigenvalue weighted by Crippen LogP contribution is 2.31. The lowest BCUT2D eigenvalue weighted by Gasteiger charge is -2.16. The summed E-state index contributed by atoms with van der Waals surface area (Å²) in [5, 5.41) is 7.45. The number of nitrogens with zero attached hydrogens (tertiary/aromatic N) is 1. The van der Waals surface area contributed by atoms with Gasteiger partial charge in [0, 0.05) is 23.7 Å². The molecule has 4 heteroatoms. The van der Waals surface area contributed by atoms with Gasteiger partial charge in [0.1, 0.15) is 5.75 Å². The minimum atomic E-state index is 0.0798. The lowest BCUT2D eigenvalue weighted by Crippen LogP contribution is -2.15. The van der Waals surface area contributed by atoms with Crippen LogP contribution in [0.3, 0.4) is 0 Å². The van der Waals surface area contributed by atoms with Gasteiger partial charge in [-0.15, -0.1) is 0 Å². The number of hydrogen-bond donors (Lipinski definition) is 2. The predicted molar refractivity (Wildman–Crippen MR) is 76.6 cm³/mol. The Balaban J connectivity index is 2.38. The summed E-state index contributed by atoms with van der Waals surface area (Å²) >= 11 is 0. The maximum Gasteiger partial charge on any atom is 0.122 e. The number of hydrogen-bond acceptors (Lipinski definition) is 3. The third kappa shape index (κ3) is 2.79. The summed E-state index contributed by atoms with van der Waals surface area (Å²) in [6.45, 7) is 4.76. The van der Waals surface area contributed by atoms with Crippen molar-refractivity contribution in [3.05, 3.63) is 47.3 Å². The molecule has 1 unspecified atom stereocenters. The van der Waals surface area contributed by atoms with Crippen LogP contribution in [0.25, 0.3) is 0 Å². The number of methoxy groups -OCH3 is 1. The van der Waals surface area contributed by atoms with E-state index in [0.29, 0.717) is 12.5 Å². The Morgan fingerprint density at radius 2 is 2.05 bits per heavy atom. The zero-order valence-corrected chi connectivity index (χ0v) is 11.7. The van der Waals surface area contributed by atoms with Crippen LogP contribution in [-0.2, 0) is 0 Å². The third-order valence-electron chi connectivity index (χ3n) is 3.33. The molecule has 0 aliphatic rings. The summed E-state index contributed by atoms with van der Waals surface area (Å²) in [7, 11) is 1.68. The first-order valence-corrected chi connectivity index (χ1v) is 6.55. The van der Waals surface area contributed by atoms with Gasteiger partial charge in [-0.1, -0.05) is 32.0 Å². The molecule has 0 fully saturated rings. The summed E-state index contributed by atoms with van der Waals surface area (Å²) in [5.41, 5.74) is 9.13. The van der Waals surface area contributed by atoms with Gasteiger partial charge in [-0.05, 0) is 18.1 Å². The van der Waals surface area contributed by atoms with E-state index in [-0.39, 0.29) is 5.92 Å². The smallest absolute Gasteiger partial charge is 0.122 e. The van der Waals surface area contributed by atoms with E-state index in [0.717, 1.165) is 22.7 Å². The molecular formula is C15H21N3O. The number of aromatic amines is 1. The van der Waals surface area contributed by atoms with Gasteiger partial charge in [-0.25, -0.2) is 0 Å². The van der Waals surface area contributed by atoms with Gasteiger partial charge in [0.05, 0.1) is 12.8 Å². The van der Waals surface area contributed by atoms with E-state index < -0.39 is 0 Å². The predicted octanol–water partition coefficient (Wildman–Crippen LogP) is 2.63. The molecular weight excluding hydrogens is 238 g/mol. The van der Waals surface area contributed by atoms with Crippen LogP contribution in [0, 0.1) is 0 Å². The Bertz CT molecular complexity index is 534. The summed E-state index contributed by atoms with van der Waals surface area (Å²) in [6, 6.07) is 10.1. The van der Waals surface area contributed by atoms with E-state index in [9.17, 15) is 0 Å². The van der Waals surface area contributed by atoms with E-state index >= 15 is 0 Å². The van der Waals surface area contributed by atoms with Crippen LogP contribution in [0.4, 0.5) is 0 Å². The van der Waals surface area contributed by atoms with Crippen molar-refractivity contribution in [2.75, 3.05) is 13.7 Å². The quantitative estimate of drug-likeness (QED) is 0.867. The van der Waals surface area contributed by atoms with Gasteiger partial charge in [0.2, 0.25) is 0 Å². The molecule has 19 heavy (non-hydrogen) atoms. The number of ether oxygens (including phenoxy) is 1. The van der Waals surface area contributed by atoms with E-state index in [1.807, 2.05) is 24.3 Å². The fourth-order valence-corrected chi connectivity index (χ4v) is 2.20. The molecule has 0 bridgehead atoms. The van der Waals surface area contributed by atoms with E-state index in [4.69, 9.17) is 10.5 Å². The van der Waals surface area contributed by atoms with Crippen molar-refractivity contribution < 1.29 is 4.74 Å². The van der Waals surface area contributed by atoms with Gasteiger partial charge < -0.3 is 10.5 Å². The topological polar surface area (TPSA) is 63.9 Å². The highest BCUT2D eigenvalue weighted by Gasteiger charge is 2.19. The van der Waals surface area contributed by atoms with Gasteiger partial charge in [-0.3, -0.25) is 5.10 Å². The van der Waals surface area contributed by atoms with E-state index in [2.05, 4.69) is 30.1 Å². The van der Waals surface area contributed by atoms with Crippen molar-refractivity contribution in [1.29, 1.82) is 0 Å². The molecule has 1 heterocycles. The molecule has 0 amide bonds. The molecule has 0 aliphatic heterocycles. The summed E-state index contributed by atoms with van der Waals surface area (Å²) in [4.78, 5) is 0. The van der Waals surface area contributed by atoms with Crippen LogP contribution < -0.4 is 10.5 Å². The number of benzene rings is 1. The Labute approximate surface area is 114 Å². The van der Waals surface area contributed by atoms with Crippen molar-refractivity contribution >= 4 is 0 Å². The lowest BCUT2D eigenvalue weighted by atomic mass is 9.94. The van der Waals surface area contributed by atoms with Crippen molar-refractivity contribution in [3.63, 3.8) is 0 Å². The molecule has 2 aromatic rings. The second-order valence-corrected chi connectivity index (χ2v) is 4.93. The van der Waals surface area contributed by atoms with Crippen LogP contribution in [0.5, 0.6) is 5.75 Å². The SMILES string of the molecule is COc1ccccc1C(CN)c1cc(C(C)C)n[nH]1. The molecule has 0 saturated carbocycles. The maximum absolute atomic E-state index is 5.94.